The summed E-state index contributed by atoms with van der Waals surface area (Å²) in [5.41, 5.74) is -0.214. The molecule has 0 spiro atoms. The predicted molar refractivity (Wildman–Crippen MR) is 74.2 cm³/mol. The van der Waals surface area contributed by atoms with Crippen LogP contribution in [-0.2, 0) is 4.74 Å². The van der Waals surface area contributed by atoms with Gasteiger partial charge < -0.3 is 14.8 Å². The zero-order valence-corrected chi connectivity index (χ0v) is 11.8. The van der Waals surface area contributed by atoms with Gasteiger partial charge in [-0.25, -0.2) is 4.98 Å². The molecule has 1 rings (SSSR count). The van der Waals surface area contributed by atoms with Crippen molar-refractivity contribution in [3.63, 3.8) is 0 Å². The van der Waals surface area contributed by atoms with Crippen molar-refractivity contribution in [2.75, 3.05) is 25.1 Å². The molecule has 0 aromatic carbocycles. The third-order valence-corrected chi connectivity index (χ3v) is 2.45. The van der Waals surface area contributed by atoms with Gasteiger partial charge in [0.1, 0.15) is 0 Å². The van der Waals surface area contributed by atoms with Crippen LogP contribution in [0.15, 0.2) is 18.3 Å². The molecule has 0 atom stereocenters. The van der Waals surface area contributed by atoms with Gasteiger partial charge in [-0.2, -0.15) is 0 Å². The second-order valence-corrected chi connectivity index (χ2v) is 4.74. The maximum Gasteiger partial charge on any atom is 0.168 e. The highest BCUT2D eigenvalue weighted by molar-refractivity contribution is 5.49. The molecule has 1 heterocycles. The van der Waals surface area contributed by atoms with Crippen molar-refractivity contribution in [2.45, 2.75) is 39.7 Å². The maximum atomic E-state index is 5.65. The van der Waals surface area contributed by atoms with E-state index in [1.807, 2.05) is 19.1 Å². The summed E-state index contributed by atoms with van der Waals surface area (Å²) in [7, 11) is 0. The second-order valence-electron chi connectivity index (χ2n) is 4.74. The van der Waals surface area contributed by atoms with Crippen molar-refractivity contribution in [1.82, 2.24) is 4.98 Å². The number of pyridine rings is 1. The minimum absolute atomic E-state index is 0.214. The lowest BCUT2D eigenvalue weighted by molar-refractivity contribution is 0.000613. The number of nitrogens with one attached hydrogen (secondary N) is 1. The monoisotopic (exact) mass is 252 g/mol. The van der Waals surface area contributed by atoms with Crippen molar-refractivity contribution in [1.29, 1.82) is 0 Å². The normalized spacial score (nSPS) is 11.3. The van der Waals surface area contributed by atoms with E-state index in [1.54, 1.807) is 6.20 Å². The van der Waals surface area contributed by atoms with Gasteiger partial charge in [0.05, 0.1) is 12.2 Å². The first-order valence-corrected chi connectivity index (χ1v) is 6.54. The fourth-order valence-corrected chi connectivity index (χ4v) is 1.59. The van der Waals surface area contributed by atoms with Crippen LogP contribution in [0.1, 0.15) is 34.1 Å². The van der Waals surface area contributed by atoms with Crippen LogP contribution in [0, 0.1) is 0 Å². The molecule has 0 saturated heterocycles. The molecule has 0 radical (unpaired) electrons. The van der Waals surface area contributed by atoms with Gasteiger partial charge in [0.15, 0.2) is 11.6 Å². The molecule has 0 amide bonds. The first kappa shape index (κ1) is 14.8. The van der Waals surface area contributed by atoms with E-state index < -0.39 is 0 Å². The summed E-state index contributed by atoms with van der Waals surface area (Å²) >= 11 is 0. The number of nitrogens with zero attached hydrogens (tertiary/aromatic N) is 1. The lowest BCUT2D eigenvalue weighted by atomic mass is 10.1. The van der Waals surface area contributed by atoms with Crippen LogP contribution in [-0.4, -0.2) is 30.3 Å². The fraction of sp³-hybridized carbons (Fsp3) is 0.643. The smallest absolute Gasteiger partial charge is 0.168 e. The Bertz CT molecular complexity index is 353. The molecule has 102 valence electrons. The highest BCUT2D eigenvalue weighted by atomic mass is 16.5. The van der Waals surface area contributed by atoms with Crippen LogP contribution in [0.3, 0.4) is 0 Å². The van der Waals surface area contributed by atoms with Crippen LogP contribution < -0.4 is 10.1 Å². The Labute approximate surface area is 110 Å². The molecule has 1 aromatic rings. The van der Waals surface area contributed by atoms with Crippen molar-refractivity contribution < 1.29 is 9.47 Å². The Morgan fingerprint density at radius 3 is 2.78 bits per heavy atom. The summed E-state index contributed by atoms with van der Waals surface area (Å²) in [6, 6.07) is 3.81. The van der Waals surface area contributed by atoms with Crippen LogP contribution in [0.2, 0.25) is 0 Å². The van der Waals surface area contributed by atoms with E-state index in [0.717, 1.165) is 18.0 Å². The molecule has 1 aromatic heterocycles. The summed E-state index contributed by atoms with van der Waals surface area (Å²) in [6.07, 6.45) is 2.74. The van der Waals surface area contributed by atoms with Gasteiger partial charge in [-0.15, -0.1) is 0 Å². The van der Waals surface area contributed by atoms with Gasteiger partial charge in [0, 0.05) is 19.3 Å². The number of hydrogen-bond acceptors (Lipinski definition) is 4. The van der Waals surface area contributed by atoms with Gasteiger partial charge in [0.2, 0.25) is 0 Å². The Hall–Kier alpha value is -1.29. The number of hydrogen-bond donors (Lipinski definition) is 1. The zero-order valence-electron chi connectivity index (χ0n) is 11.8. The van der Waals surface area contributed by atoms with Crippen LogP contribution in [0.5, 0.6) is 5.75 Å². The minimum Gasteiger partial charge on any atom is -0.490 e. The summed E-state index contributed by atoms with van der Waals surface area (Å²) in [5.74, 6) is 1.57. The van der Waals surface area contributed by atoms with Gasteiger partial charge in [-0.05, 0) is 39.3 Å². The van der Waals surface area contributed by atoms with Gasteiger partial charge in [0.25, 0.3) is 0 Å². The number of aromatic nitrogens is 1. The molecule has 0 fully saturated rings. The minimum atomic E-state index is -0.214. The maximum absolute atomic E-state index is 5.65. The second kappa shape index (κ2) is 7.21. The van der Waals surface area contributed by atoms with Crippen LogP contribution in [0.4, 0.5) is 5.82 Å². The number of anilines is 1. The molecule has 0 aliphatic rings. The molecule has 0 unspecified atom stereocenters. The first-order valence-electron chi connectivity index (χ1n) is 6.54. The van der Waals surface area contributed by atoms with Crippen molar-refractivity contribution in [3.05, 3.63) is 18.3 Å². The van der Waals surface area contributed by atoms with Crippen LogP contribution >= 0.6 is 0 Å². The van der Waals surface area contributed by atoms with Crippen molar-refractivity contribution in [3.8, 4) is 5.75 Å². The number of rotatable bonds is 8. The highest BCUT2D eigenvalue weighted by Crippen LogP contribution is 2.22. The van der Waals surface area contributed by atoms with Gasteiger partial charge >= 0.3 is 0 Å². The van der Waals surface area contributed by atoms with Crippen molar-refractivity contribution >= 4 is 5.82 Å². The Balaban J connectivity index is 2.60. The third kappa shape index (κ3) is 4.92. The lowest BCUT2D eigenvalue weighted by Gasteiger charge is -2.25. The summed E-state index contributed by atoms with van der Waals surface area (Å²) < 4.78 is 11.3. The fourth-order valence-electron chi connectivity index (χ4n) is 1.59. The average molecular weight is 252 g/mol. The Kier molecular flexibility index (Phi) is 5.92. The number of ether oxygens (including phenoxy) is 2. The summed E-state index contributed by atoms with van der Waals surface area (Å²) in [6.45, 7) is 10.3. The van der Waals surface area contributed by atoms with E-state index >= 15 is 0 Å². The van der Waals surface area contributed by atoms with Gasteiger partial charge in [-0.3, -0.25) is 0 Å². The topological polar surface area (TPSA) is 43.4 Å². The SMILES string of the molecule is CCCOc1cccnc1NCC(C)(C)OCC. The van der Waals surface area contributed by atoms with E-state index in [2.05, 4.69) is 31.1 Å². The van der Waals surface area contributed by atoms with E-state index in [1.165, 1.54) is 0 Å². The molecule has 1 N–H and O–H groups in total. The third-order valence-electron chi connectivity index (χ3n) is 2.45. The molecule has 4 heteroatoms. The van der Waals surface area contributed by atoms with Gasteiger partial charge in [-0.1, -0.05) is 6.92 Å². The molecule has 0 aliphatic heterocycles. The molecular formula is C14H24N2O2. The first-order chi connectivity index (χ1) is 8.59. The van der Waals surface area contributed by atoms with E-state index in [9.17, 15) is 0 Å². The summed E-state index contributed by atoms with van der Waals surface area (Å²) in [5, 5.41) is 3.29. The molecule has 18 heavy (non-hydrogen) atoms. The summed E-state index contributed by atoms with van der Waals surface area (Å²) in [4.78, 5) is 4.30. The highest BCUT2D eigenvalue weighted by Gasteiger charge is 2.18. The Morgan fingerprint density at radius 1 is 1.33 bits per heavy atom. The largest absolute Gasteiger partial charge is 0.490 e. The quantitative estimate of drug-likeness (QED) is 0.772. The molecular weight excluding hydrogens is 228 g/mol. The standard InChI is InChI=1S/C14H24N2O2/c1-5-10-17-12-8-7-9-15-13(12)16-11-14(3,4)18-6-2/h7-9H,5-6,10-11H2,1-4H3,(H,15,16). The van der Waals surface area contributed by atoms with E-state index in [4.69, 9.17) is 9.47 Å². The van der Waals surface area contributed by atoms with E-state index in [-0.39, 0.29) is 5.60 Å². The van der Waals surface area contributed by atoms with Crippen LogP contribution in [0.25, 0.3) is 0 Å². The van der Waals surface area contributed by atoms with E-state index in [0.29, 0.717) is 19.8 Å². The predicted octanol–water partition coefficient (Wildman–Crippen LogP) is 3.10. The lowest BCUT2D eigenvalue weighted by Crippen LogP contribution is -2.33. The molecule has 0 aliphatic carbocycles. The van der Waals surface area contributed by atoms with Crippen molar-refractivity contribution in [2.24, 2.45) is 0 Å². The zero-order chi connectivity index (χ0) is 13.4. The average Bonchev–Trinajstić information content (AvgIpc) is 2.35. The Morgan fingerprint density at radius 2 is 2.11 bits per heavy atom. The molecule has 0 saturated carbocycles. The molecule has 0 bridgehead atoms. The molecule has 4 nitrogen and oxygen atoms in total.